The van der Waals surface area contributed by atoms with Crippen LogP contribution >= 0.6 is 0 Å². The zero-order valence-corrected chi connectivity index (χ0v) is 13.9. The topological polar surface area (TPSA) is 57.0 Å². The van der Waals surface area contributed by atoms with E-state index in [-0.39, 0.29) is 23.6 Å². The summed E-state index contributed by atoms with van der Waals surface area (Å²) in [6.45, 7) is -1.01. The molecule has 1 atom stereocenters. The predicted octanol–water partition coefficient (Wildman–Crippen LogP) is 2.54. The van der Waals surface area contributed by atoms with E-state index in [1.54, 1.807) is 24.3 Å². The number of fused-ring (bicyclic) bond motifs is 1. The van der Waals surface area contributed by atoms with E-state index in [0.717, 1.165) is 0 Å². The number of alkyl halides is 3. The number of nitrogens with one attached hydrogen (secondary N) is 1. The molecule has 0 bridgehead atoms. The van der Waals surface area contributed by atoms with Gasteiger partial charge in [0.15, 0.2) is 12.3 Å². The van der Waals surface area contributed by atoms with E-state index in [2.05, 4.69) is 0 Å². The van der Waals surface area contributed by atoms with Crippen LogP contribution in [0.1, 0.15) is 11.3 Å². The fourth-order valence-corrected chi connectivity index (χ4v) is 2.88. The summed E-state index contributed by atoms with van der Waals surface area (Å²) in [6, 6.07) is 9.36. The molecule has 5 nitrogen and oxygen atoms in total. The van der Waals surface area contributed by atoms with Crippen LogP contribution < -0.4 is 15.3 Å². The minimum absolute atomic E-state index is 0.00532. The van der Waals surface area contributed by atoms with Crippen molar-refractivity contribution in [1.29, 1.82) is 0 Å². The molecule has 0 fully saturated rings. The smallest absolute Gasteiger partial charge is 0.438 e. The minimum atomic E-state index is -4.35. The second-order valence-corrected chi connectivity index (χ2v) is 5.93. The maximum atomic E-state index is 13.0. The summed E-state index contributed by atoms with van der Waals surface area (Å²) in [7, 11) is 1.47. The number of benzene rings is 1. The average Bonchev–Trinajstić information content (AvgIpc) is 3.05. The number of halogens is 3. The molecule has 0 saturated carbocycles. The van der Waals surface area contributed by atoms with Gasteiger partial charge in [-0.3, -0.25) is 0 Å². The highest BCUT2D eigenvalue weighted by Crippen LogP contribution is 2.22. The molecule has 138 valence electrons. The highest BCUT2D eigenvalue weighted by molar-refractivity contribution is 5.81. The molecule has 0 saturated heterocycles. The Kier molecular flexibility index (Phi) is 5.03. The summed E-state index contributed by atoms with van der Waals surface area (Å²) in [4.78, 5) is 12.0. The first kappa shape index (κ1) is 18.1. The molecular formula is C18H17F3NO4+. The summed E-state index contributed by atoms with van der Waals surface area (Å²) < 4.78 is 54.4. The van der Waals surface area contributed by atoms with Gasteiger partial charge in [-0.25, -0.2) is 4.79 Å². The molecule has 8 heteroatoms. The van der Waals surface area contributed by atoms with Gasteiger partial charge in [-0.05, 0) is 24.3 Å². The van der Waals surface area contributed by atoms with Gasteiger partial charge in [-0.2, -0.15) is 13.2 Å². The Hall–Kier alpha value is -2.74. The van der Waals surface area contributed by atoms with Crippen molar-refractivity contribution < 1.29 is 31.6 Å². The van der Waals surface area contributed by atoms with E-state index in [0.29, 0.717) is 22.5 Å². The van der Waals surface area contributed by atoms with Crippen LogP contribution in [-0.4, -0.2) is 19.8 Å². The Morgan fingerprint density at radius 1 is 1.15 bits per heavy atom. The first-order chi connectivity index (χ1) is 12.3. The van der Waals surface area contributed by atoms with E-state index in [9.17, 15) is 18.0 Å². The van der Waals surface area contributed by atoms with Crippen molar-refractivity contribution in [2.75, 3.05) is 13.7 Å². The fourth-order valence-electron chi connectivity index (χ4n) is 2.88. The lowest BCUT2D eigenvalue weighted by Gasteiger charge is -2.20. The van der Waals surface area contributed by atoms with Crippen molar-refractivity contribution in [3.05, 3.63) is 64.4 Å². The maximum Gasteiger partial charge on any atom is 0.438 e. The number of quaternary nitrogens is 1. The second-order valence-electron chi connectivity index (χ2n) is 5.93. The van der Waals surface area contributed by atoms with Gasteiger partial charge >= 0.3 is 11.8 Å². The first-order valence-electron chi connectivity index (χ1n) is 7.87. The normalized spacial score (nSPS) is 13.1. The van der Waals surface area contributed by atoms with Gasteiger partial charge in [0.1, 0.15) is 24.4 Å². The van der Waals surface area contributed by atoms with Crippen LogP contribution in [0.3, 0.4) is 0 Å². The van der Waals surface area contributed by atoms with Gasteiger partial charge in [-0.15, -0.1) is 0 Å². The number of rotatable bonds is 6. The summed E-state index contributed by atoms with van der Waals surface area (Å²) in [6.07, 6.45) is -2.93. The van der Waals surface area contributed by atoms with Crippen LogP contribution in [0.4, 0.5) is 13.2 Å². The van der Waals surface area contributed by atoms with Crippen LogP contribution in [0.5, 0.6) is 5.75 Å². The summed E-state index contributed by atoms with van der Waals surface area (Å²) in [5.74, 6) is 0.936. The van der Waals surface area contributed by atoms with Gasteiger partial charge in [0, 0.05) is 23.1 Å². The molecule has 0 aliphatic heterocycles. The van der Waals surface area contributed by atoms with Gasteiger partial charge < -0.3 is 18.5 Å². The quantitative estimate of drug-likeness (QED) is 0.680. The Balaban J connectivity index is 1.95. The highest BCUT2D eigenvalue weighted by atomic mass is 19.4. The molecule has 1 N–H and O–H groups in total. The molecule has 3 aromatic rings. The SMILES string of the molecule is COc1ccc2c(C[NH+](Cc3ccco3)CC(F)(F)F)cc(=O)oc2c1. The van der Waals surface area contributed by atoms with E-state index < -0.39 is 18.3 Å². The Bertz CT molecular complexity index is 932. The lowest BCUT2D eigenvalue weighted by Crippen LogP contribution is -3.10. The molecule has 2 aromatic heterocycles. The zero-order valence-electron chi connectivity index (χ0n) is 13.9. The minimum Gasteiger partial charge on any atom is -0.497 e. The second kappa shape index (κ2) is 7.25. The standard InChI is InChI=1S/C18H16F3NO4/c1-24-13-4-5-15-12(7-17(23)26-16(15)8-13)9-22(11-18(19,20)21)10-14-3-2-6-25-14/h2-8H,9-11H2,1H3/p+1. The van der Waals surface area contributed by atoms with Crippen molar-refractivity contribution in [2.45, 2.75) is 19.3 Å². The molecular weight excluding hydrogens is 351 g/mol. The molecule has 0 radical (unpaired) electrons. The number of furan rings is 1. The van der Waals surface area contributed by atoms with Gasteiger partial charge in [0.25, 0.3) is 0 Å². The molecule has 1 unspecified atom stereocenters. The van der Waals surface area contributed by atoms with Crippen molar-refractivity contribution in [3.8, 4) is 5.75 Å². The monoisotopic (exact) mass is 368 g/mol. The van der Waals surface area contributed by atoms with E-state index in [1.165, 1.54) is 25.5 Å². The molecule has 2 heterocycles. The lowest BCUT2D eigenvalue weighted by molar-refractivity contribution is -0.938. The third-order valence-corrected chi connectivity index (χ3v) is 3.93. The molecule has 0 aliphatic carbocycles. The number of hydrogen-bond donors (Lipinski definition) is 1. The Morgan fingerprint density at radius 3 is 2.62 bits per heavy atom. The predicted molar refractivity (Wildman–Crippen MR) is 87.0 cm³/mol. The summed E-state index contributed by atoms with van der Waals surface area (Å²) in [5, 5.41) is 0.574. The van der Waals surface area contributed by atoms with Crippen molar-refractivity contribution in [2.24, 2.45) is 0 Å². The average molecular weight is 368 g/mol. The van der Waals surface area contributed by atoms with Crippen LogP contribution in [-0.2, 0) is 13.1 Å². The molecule has 1 aromatic carbocycles. The zero-order chi connectivity index (χ0) is 18.7. The number of hydrogen-bond acceptors (Lipinski definition) is 4. The van der Waals surface area contributed by atoms with Gasteiger partial charge in [0.05, 0.1) is 13.4 Å². The van der Waals surface area contributed by atoms with Crippen molar-refractivity contribution >= 4 is 11.0 Å². The lowest BCUT2D eigenvalue weighted by atomic mass is 10.1. The third-order valence-electron chi connectivity index (χ3n) is 3.93. The molecule has 0 spiro atoms. The third kappa shape index (κ3) is 4.45. The van der Waals surface area contributed by atoms with Crippen LogP contribution in [0.15, 0.2) is 56.3 Å². The summed E-state index contributed by atoms with van der Waals surface area (Å²) >= 11 is 0. The molecule has 26 heavy (non-hydrogen) atoms. The van der Waals surface area contributed by atoms with Gasteiger partial charge in [-0.1, -0.05) is 0 Å². The van der Waals surface area contributed by atoms with Crippen LogP contribution in [0.2, 0.25) is 0 Å². The van der Waals surface area contributed by atoms with E-state index in [4.69, 9.17) is 13.6 Å². The van der Waals surface area contributed by atoms with Crippen LogP contribution in [0.25, 0.3) is 11.0 Å². The summed E-state index contributed by atoms with van der Waals surface area (Å²) in [5.41, 5.74) is 0.131. The van der Waals surface area contributed by atoms with E-state index >= 15 is 0 Å². The largest absolute Gasteiger partial charge is 0.497 e. The fraction of sp³-hybridized carbons (Fsp3) is 0.278. The van der Waals surface area contributed by atoms with E-state index in [1.807, 2.05) is 0 Å². The highest BCUT2D eigenvalue weighted by Gasteiger charge is 2.34. The molecule has 0 aliphatic rings. The first-order valence-corrected chi connectivity index (χ1v) is 7.87. The van der Waals surface area contributed by atoms with Crippen LogP contribution in [0, 0.1) is 0 Å². The molecule has 0 amide bonds. The number of methoxy groups -OCH3 is 1. The van der Waals surface area contributed by atoms with Crippen molar-refractivity contribution in [3.63, 3.8) is 0 Å². The van der Waals surface area contributed by atoms with Gasteiger partial charge in [0.2, 0.25) is 0 Å². The Morgan fingerprint density at radius 2 is 1.96 bits per heavy atom. The van der Waals surface area contributed by atoms with Crippen molar-refractivity contribution in [1.82, 2.24) is 0 Å². The molecule has 3 rings (SSSR count). The maximum absolute atomic E-state index is 13.0. The number of ether oxygens (including phenoxy) is 1. The Labute approximate surface area is 146 Å².